The first-order valence-electron chi connectivity index (χ1n) is 12.1. The summed E-state index contributed by atoms with van der Waals surface area (Å²) >= 11 is 3.06. The first-order valence-corrected chi connectivity index (χ1v) is 14.0. The maximum atomic E-state index is 12.9. The van der Waals surface area contributed by atoms with Crippen molar-refractivity contribution in [2.24, 2.45) is 0 Å². The summed E-state index contributed by atoms with van der Waals surface area (Å²) in [6, 6.07) is 18.1. The zero-order valence-corrected chi connectivity index (χ0v) is 22.5. The summed E-state index contributed by atoms with van der Waals surface area (Å²) in [5, 5.41) is 12.6. The van der Waals surface area contributed by atoms with Crippen LogP contribution in [-0.4, -0.2) is 50.8 Å². The molecule has 1 amide bonds. The van der Waals surface area contributed by atoms with E-state index in [1.54, 1.807) is 18.9 Å². The van der Waals surface area contributed by atoms with Gasteiger partial charge in [0.2, 0.25) is 0 Å². The third-order valence-electron chi connectivity index (χ3n) is 5.60. The van der Waals surface area contributed by atoms with Gasteiger partial charge < -0.3 is 9.64 Å². The van der Waals surface area contributed by atoms with E-state index in [9.17, 15) is 4.79 Å². The van der Waals surface area contributed by atoms with Gasteiger partial charge in [0.05, 0.1) is 18.6 Å². The summed E-state index contributed by atoms with van der Waals surface area (Å²) < 4.78 is 7.70. The van der Waals surface area contributed by atoms with E-state index in [2.05, 4.69) is 45.7 Å². The minimum atomic E-state index is 0.00790. The minimum Gasteiger partial charge on any atom is -0.495 e. The number of para-hydroxylation sites is 2. The van der Waals surface area contributed by atoms with Crippen molar-refractivity contribution in [3.05, 3.63) is 82.1 Å². The highest BCUT2D eigenvalue weighted by atomic mass is 32.2. The Morgan fingerprint density at radius 2 is 1.75 bits per heavy atom. The third kappa shape index (κ3) is 6.14. The molecule has 0 bridgehead atoms. The summed E-state index contributed by atoms with van der Waals surface area (Å²) in [5.74, 6) is 2.19. The maximum absolute atomic E-state index is 12.9. The van der Waals surface area contributed by atoms with Gasteiger partial charge in [-0.2, -0.15) is 0 Å². The van der Waals surface area contributed by atoms with E-state index in [0.717, 1.165) is 58.9 Å². The maximum Gasteiger partial charge on any atom is 0.273 e. The van der Waals surface area contributed by atoms with E-state index < -0.39 is 0 Å². The van der Waals surface area contributed by atoms with Crippen LogP contribution in [-0.2, 0) is 12.2 Å². The summed E-state index contributed by atoms with van der Waals surface area (Å²) in [4.78, 5) is 19.5. The lowest BCUT2D eigenvalue weighted by atomic mass is 10.1. The molecule has 0 saturated heterocycles. The number of aromatic nitrogens is 4. The van der Waals surface area contributed by atoms with Crippen LogP contribution in [0.5, 0.6) is 5.75 Å². The van der Waals surface area contributed by atoms with Crippen LogP contribution >= 0.6 is 23.1 Å². The molecule has 0 aliphatic carbocycles. The molecule has 0 fully saturated rings. The summed E-state index contributed by atoms with van der Waals surface area (Å²) in [6.45, 7) is 5.67. The van der Waals surface area contributed by atoms with Crippen molar-refractivity contribution in [2.75, 3.05) is 20.2 Å². The fourth-order valence-corrected chi connectivity index (χ4v) is 5.71. The molecule has 4 aromatic rings. The molecular formula is C27H31N5O2S2. The number of rotatable bonds is 12. The van der Waals surface area contributed by atoms with Crippen molar-refractivity contribution in [2.45, 2.75) is 44.0 Å². The summed E-state index contributed by atoms with van der Waals surface area (Å²) in [5.41, 5.74) is 2.57. The lowest BCUT2D eigenvalue weighted by Crippen LogP contribution is -2.32. The average molecular weight is 522 g/mol. The Kier molecular flexibility index (Phi) is 9.13. The zero-order chi connectivity index (χ0) is 25.3. The van der Waals surface area contributed by atoms with E-state index in [-0.39, 0.29) is 5.91 Å². The molecule has 0 aliphatic rings. The SMILES string of the molecule is CCCN(CCC)C(=O)c1csc(CSc2nnc(Cc3ccccc3)n2-c2ccccc2OC)n1. The second-order valence-electron chi connectivity index (χ2n) is 8.28. The van der Waals surface area contributed by atoms with Crippen molar-refractivity contribution in [1.29, 1.82) is 0 Å². The quantitative estimate of drug-likeness (QED) is 0.217. The number of hydrogen-bond donors (Lipinski definition) is 0. The van der Waals surface area contributed by atoms with Crippen LogP contribution in [0.4, 0.5) is 0 Å². The van der Waals surface area contributed by atoms with Gasteiger partial charge in [-0.05, 0) is 30.5 Å². The standard InChI is InChI=1S/C27H31N5O2S2/c1-4-15-31(16-5-2)26(33)21-18-35-25(28-21)19-36-27-30-29-24(17-20-11-7-6-8-12-20)32(27)22-13-9-10-14-23(22)34-3/h6-14,18H,4-5,15-17,19H2,1-3H3. The van der Waals surface area contributed by atoms with Crippen LogP contribution in [0.3, 0.4) is 0 Å². The smallest absolute Gasteiger partial charge is 0.273 e. The predicted octanol–water partition coefficient (Wildman–Crippen LogP) is 5.88. The highest BCUT2D eigenvalue weighted by molar-refractivity contribution is 7.98. The number of thioether (sulfide) groups is 1. The Bertz CT molecular complexity index is 1270. The van der Waals surface area contributed by atoms with Gasteiger partial charge >= 0.3 is 0 Å². The van der Waals surface area contributed by atoms with Gasteiger partial charge in [0.25, 0.3) is 5.91 Å². The van der Waals surface area contributed by atoms with Gasteiger partial charge in [0.15, 0.2) is 5.16 Å². The van der Waals surface area contributed by atoms with Crippen molar-refractivity contribution in [1.82, 2.24) is 24.6 Å². The van der Waals surface area contributed by atoms with Crippen molar-refractivity contribution in [3.63, 3.8) is 0 Å². The van der Waals surface area contributed by atoms with Crippen LogP contribution in [0.2, 0.25) is 0 Å². The molecule has 9 heteroatoms. The van der Waals surface area contributed by atoms with Crippen molar-refractivity contribution < 1.29 is 9.53 Å². The molecule has 2 aromatic heterocycles. The monoisotopic (exact) mass is 521 g/mol. The molecule has 4 rings (SSSR count). The second-order valence-corrected chi connectivity index (χ2v) is 10.2. The Morgan fingerprint density at radius 3 is 2.47 bits per heavy atom. The molecule has 0 aliphatic heterocycles. The Labute approximate surface area is 220 Å². The highest BCUT2D eigenvalue weighted by Gasteiger charge is 2.20. The highest BCUT2D eigenvalue weighted by Crippen LogP contribution is 2.31. The van der Waals surface area contributed by atoms with Gasteiger partial charge in [-0.25, -0.2) is 4.98 Å². The van der Waals surface area contributed by atoms with Crippen LogP contribution in [0, 0.1) is 0 Å². The Balaban J connectivity index is 1.57. The number of nitrogens with zero attached hydrogens (tertiary/aromatic N) is 5. The number of ether oxygens (including phenoxy) is 1. The van der Waals surface area contributed by atoms with Gasteiger partial charge in [-0.1, -0.05) is 68.1 Å². The van der Waals surface area contributed by atoms with Gasteiger partial charge in [-0.15, -0.1) is 21.5 Å². The topological polar surface area (TPSA) is 73.1 Å². The molecule has 36 heavy (non-hydrogen) atoms. The van der Waals surface area contributed by atoms with Gasteiger partial charge in [-0.3, -0.25) is 9.36 Å². The molecule has 188 valence electrons. The number of carbonyl (C=O) groups is 1. The van der Waals surface area contributed by atoms with Gasteiger partial charge in [0.1, 0.15) is 22.3 Å². The fourth-order valence-electron chi connectivity index (χ4n) is 3.96. The minimum absolute atomic E-state index is 0.00790. The van der Waals surface area contributed by atoms with Gasteiger partial charge in [0, 0.05) is 24.9 Å². The molecule has 0 unspecified atom stereocenters. The van der Waals surface area contributed by atoms with E-state index in [1.807, 2.05) is 52.7 Å². The first kappa shape index (κ1) is 25.9. The first-order chi connectivity index (χ1) is 17.6. The largest absolute Gasteiger partial charge is 0.495 e. The number of benzene rings is 2. The van der Waals surface area contributed by atoms with E-state index in [0.29, 0.717) is 17.9 Å². The summed E-state index contributed by atoms with van der Waals surface area (Å²) in [6.07, 6.45) is 2.51. The van der Waals surface area contributed by atoms with Crippen LogP contribution in [0.25, 0.3) is 5.69 Å². The average Bonchev–Trinajstić information content (AvgIpc) is 3.54. The van der Waals surface area contributed by atoms with E-state index in [1.165, 1.54) is 11.3 Å². The van der Waals surface area contributed by atoms with Crippen LogP contribution < -0.4 is 4.74 Å². The van der Waals surface area contributed by atoms with Crippen LogP contribution in [0.1, 0.15) is 53.6 Å². The van der Waals surface area contributed by atoms with Crippen molar-refractivity contribution in [3.8, 4) is 11.4 Å². The lowest BCUT2D eigenvalue weighted by Gasteiger charge is -2.20. The number of hydrogen-bond acceptors (Lipinski definition) is 7. The predicted molar refractivity (Wildman–Crippen MR) is 145 cm³/mol. The Morgan fingerprint density at radius 1 is 1.03 bits per heavy atom. The zero-order valence-electron chi connectivity index (χ0n) is 20.9. The number of amides is 1. The summed E-state index contributed by atoms with van der Waals surface area (Å²) in [7, 11) is 1.67. The number of methoxy groups -OCH3 is 1. The molecule has 2 aromatic carbocycles. The third-order valence-corrected chi connectivity index (χ3v) is 7.57. The van der Waals surface area contributed by atoms with Crippen molar-refractivity contribution >= 4 is 29.0 Å². The molecule has 0 radical (unpaired) electrons. The molecule has 0 N–H and O–H groups in total. The van der Waals surface area contributed by atoms with Crippen LogP contribution in [0.15, 0.2) is 65.1 Å². The fraction of sp³-hybridized carbons (Fsp3) is 0.333. The molecule has 7 nitrogen and oxygen atoms in total. The van der Waals surface area contributed by atoms with E-state index >= 15 is 0 Å². The molecule has 0 atom stereocenters. The second kappa shape index (κ2) is 12.7. The molecular weight excluding hydrogens is 490 g/mol. The number of carbonyl (C=O) groups excluding carboxylic acids is 1. The lowest BCUT2D eigenvalue weighted by molar-refractivity contribution is 0.0750. The Hall–Kier alpha value is -3.17. The molecule has 2 heterocycles. The van der Waals surface area contributed by atoms with E-state index in [4.69, 9.17) is 4.74 Å². The molecule has 0 saturated carbocycles. The normalized spacial score (nSPS) is 11.0. The number of thiazole rings is 1. The molecule has 0 spiro atoms.